The second-order valence-corrected chi connectivity index (χ2v) is 8.53. The third-order valence-electron chi connectivity index (χ3n) is 6.26. The van der Waals surface area contributed by atoms with Crippen molar-refractivity contribution in [1.82, 2.24) is 24.6 Å². The molecule has 30 heavy (non-hydrogen) atoms. The van der Waals surface area contributed by atoms with Crippen molar-refractivity contribution in [3.05, 3.63) is 35.8 Å². The van der Waals surface area contributed by atoms with Crippen LogP contribution in [0.5, 0.6) is 5.88 Å². The quantitative estimate of drug-likeness (QED) is 0.723. The summed E-state index contributed by atoms with van der Waals surface area (Å²) in [6.07, 6.45) is 3.33. The van der Waals surface area contributed by atoms with Crippen molar-refractivity contribution >= 4 is 11.6 Å². The number of methoxy groups -OCH3 is 1. The van der Waals surface area contributed by atoms with E-state index >= 15 is 0 Å². The number of nitrogens with zero attached hydrogens (tertiary/aromatic N) is 7. The Morgan fingerprint density at radius 3 is 2.77 bits per heavy atom. The summed E-state index contributed by atoms with van der Waals surface area (Å²) >= 11 is 0. The van der Waals surface area contributed by atoms with Crippen molar-refractivity contribution in [3.8, 4) is 11.9 Å². The first-order chi connectivity index (χ1) is 14.4. The minimum Gasteiger partial charge on any atom is -0.480 e. The second-order valence-electron chi connectivity index (χ2n) is 8.53. The number of fused-ring (bicyclic) bond motifs is 1. The Labute approximate surface area is 176 Å². The van der Waals surface area contributed by atoms with Crippen LogP contribution in [0.2, 0.25) is 0 Å². The average molecular weight is 409 g/mol. The zero-order valence-electron chi connectivity index (χ0n) is 17.9. The van der Waals surface area contributed by atoms with Gasteiger partial charge >= 0.3 is 0 Å². The van der Waals surface area contributed by atoms with Crippen LogP contribution in [0.1, 0.15) is 16.1 Å². The fourth-order valence-electron chi connectivity index (χ4n) is 5.07. The summed E-state index contributed by atoms with van der Waals surface area (Å²) in [5.74, 6) is 0.682. The topological polar surface area (TPSA) is 90.5 Å². The number of aryl methyl sites for hydroxylation is 1. The molecule has 0 spiro atoms. The summed E-state index contributed by atoms with van der Waals surface area (Å²) < 4.78 is 6.92. The summed E-state index contributed by atoms with van der Waals surface area (Å²) in [5, 5.41) is 13.8. The molecule has 0 N–H and O–H groups in total. The lowest BCUT2D eigenvalue weighted by Gasteiger charge is -2.32. The number of carbonyl (C=O) groups is 1. The fraction of sp³-hybridized carbons (Fsp3) is 0.524. The molecule has 9 heteroatoms. The summed E-state index contributed by atoms with van der Waals surface area (Å²) in [4.78, 5) is 23.7. The highest BCUT2D eigenvalue weighted by molar-refractivity contribution is 5.92. The molecule has 2 aliphatic rings. The van der Waals surface area contributed by atoms with Crippen molar-refractivity contribution in [3.63, 3.8) is 0 Å². The van der Waals surface area contributed by atoms with Gasteiger partial charge in [-0.3, -0.25) is 9.48 Å². The van der Waals surface area contributed by atoms with Crippen LogP contribution < -0.4 is 9.64 Å². The van der Waals surface area contributed by atoms with E-state index in [9.17, 15) is 10.1 Å². The van der Waals surface area contributed by atoms with Crippen LogP contribution in [0.3, 0.4) is 0 Å². The predicted molar refractivity (Wildman–Crippen MR) is 111 cm³/mol. The highest BCUT2D eigenvalue weighted by Gasteiger charge is 2.54. The van der Waals surface area contributed by atoms with E-state index in [-0.39, 0.29) is 11.3 Å². The van der Waals surface area contributed by atoms with E-state index < -0.39 is 0 Å². The van der Waals surface area contributed by atoms with E-state index in [1.807, 2.05) is 11.0 Å². The van der Waals surface area contributed by atoms with Gasteiger partial charge in [-0.15, -0.1) is 0 Å². The maximum absolute atomic E-state index is 13.1. The lowest BCUT2D eigenvalue weighted by Crippen LogP contribution is -2.43. The molecule has 158 valence electrons. The number of hydrogen-bond donors (Lipinski definition) is 0. The molecule has 0 unspecified atom stereocenters. The molecule has 9 nitrogen and oxygen atoms in total. The van der Waals surface area contributed by atoms with Gasteiger partial charge in [-0.05, 0) is 26.2 Å². The van der Waals surface area contributed by atoms with Gasteiger partial charge in [0.05, 0.1) is 12.8 Å². The van der Waals surface area contributed by atoms with E-state index in [0.717, 1.165) is 25.3 Å². The van der Waals surface area contributed by atoms with Gasteiger partial charge in [0.2, 0.25) is 5.88 Å². The van der Waals surface area contributed by atoms with Crippen molar-refractivity contribution < 1.29 is 9.53 Å². The summed E-state index contributed by atoms with van der Waals surface area (Å²) in [7, 11) is 7.45. The molecule has 4 rings (SSSR count). The Bertz CT molecular complexity index is 995. The van der Waals surface area contributed by atoms with E-state index in [1.54, 1.807) is 30.2 Å². The number of likely N-dealkylation sites (tertiary alicyclic amines) is 1. The van der Waals surface area contributed by atoms with Crippen molar-refractivity contribution in [2.45, 2.75) is 0 Å². The minimum atomic E-state index is -0.0685. The molecule has 0 radical (unpaired) electrons. The lowest BCUT2D eigenvalue weighted by molar-refractivity contribution is 0.0755. The molecule has 0 aromatic carbocycles. The standard InChI is InChI=1S/C21H27N7O2/c1-25(2)12-21-13-27(17-5-7-23-19(30-4)16(17)9-22)10-15(21)11-28(14-21)20(29)18-6-8-24-26(18)3/h5-8,15H,10-14H2,1-4H3/t15-,21+/m0/s1. The maximum atomic E-state index is 13.1. The summed E-state index contributed by atoms with van der Waals surface area (Å²) in [5.41, 5.74) is 1.85. The van der Waals surface area contributed by atoms with Gasteiger partial charge in [-0.1, -0.05) is 0 Å². The Morgan fingerprint density at radius 2 is 2.13 bits per heavy atom. The first-order valence-electron chi connectivity index (χ1n) is 9.98. The van der Waals surface area contributed by atoms with Crippen LogP contribution in [0.15, 0.2) is 24.5 Å². The predicted octanol–water partition coefficient (Wildman–Crippen LogP) is 0.836. The van der Waals surface area contributed by atoms with Gasteiger partial charge in [0, 0.05) is 63.5 Å². The van der Waals surface area contributed by atoms with Crippen LogP contribution in [-0.4, -0.2) is 84.4 Å². The average Bonchev–Trinajstić information content (AvgIpc) is 3.38. The van der Waals surface area contributed by atoms with Gasteiger partial charge in [0.1, 0.15) is 17.3 Å². The lowest BCUT2D eigenvalue weighted by atomic mass is 9.80. The number of rotatable bonds is 5. The molecule has 2 saturated heterocycles. The first-order valence-corrected chi connectivity index (χ1v) is 9.98. The smallest absolute Gasteiger partial charge is 0.272 e. The number of aromatic nitrogens is 3. The fourth-order valence-corrected chi connectivity index (χ4v) is 5.07. The molecular weight excluding hydrogens is 382 g/mol. The normalized spacial score (nSPS) is 23.0. The van der Waals surface area contributed by atoms with E-state index in [1.165, 1.54) is 7.11 Å². The summed E-state index contributed by atoms with van der Waals surface area (Å²) in [6.45, 7) is 3.80. The van der Waals surface area contributed by atoms with Crippen molar-refractivity contribution in [1.29, 1.82) is 5.26 Å². The molecule has 0 bridgehead atoms. The molecule has 2 aromatic rings. The van der Waals surface area contributed by atoms with Gasteiger partial charge in [-0.25, -0.2) is 4.98 Å². The highest BCUT2D eigenvalue weighted by Crippen LogP contribution is 2.45. The van der Waals surface area contributed by atoms with Crippen LogP contribution in [0.25, 0.3) is 0 Å². The van der Waals surface area contributed by atoms with E-state index in [0.29, 0.717) is 36.1 Å². The molecule has 2 atom stereocenters. The number of carbonyl (C=O) groups excluding carboxylic acids is 1. The van der Waals surface area contributed by atoms with Crippen LogP contribution in [-0.2, 0) is 7.05 Å². The number of hydrogen-bond acceptors (Lipinski definition) is 7. The Hall–Kier alpha value is -3.12. The number of anilines is 1. The number of amides is 1. The molecule has 2 aromatic heterocycles. The molecule has 2 fully saturated rings. The molecule has 0 saturated carbocycles. The first kappa shape index (κ1) is 20.2. The van der Waals surface area contributed by atoms with E-state index in [2.05, 4.69) is 40.0 Å². The van der Waals surface area contributed by atoms with Gasteiger partial charge in [-0.2, -0.15) is 10.4 Å². The van der Waals surface area contributed by atoms with Gasteiger partial charge < -0.3 is 19.4 Å². The van der Waals surface area contributed by atoms with Crippen LogP contribution in [0, 0.1) is 22.7 Å². The second kappa shape index (κ2) is 7.61. The number of ether oxygens (including phenoxy) is 1. The number of pyridine rings is 1. The van der Waals surface area contributed by atoms with Crippen molar-refractivity contribution in [2.24, 2.45) is 18.4 Å². The molecule has 0 aliphatic carbocycles. The Kier molecular flexibility index (Phi) is 5.12. The molecule has 2 aliphatic heterocycles. The van der Waals surface area contributed by atoms with Crippen LogP contribution >= 0.6 is 0 Å². The Morgan fingerprint density at radius 1 is 1.33 bits per heavy atom. The summed E-state index contributed by atoms with van der Waals surface area (Å²) in [6, 6.07) is 5.90. The van der Waals surface area contributed by atoms with Gasteiger partial charge in [0.25, 0.3) is 5.91 Å². The van der Waals surface area contributed by atoms with Crippen LogP contribution in [0.4, 0.5) is 5.69 Å². The SMILES string of the molecule is COc1nccc(N2C[C@H]3CN(C(=O)c4ccnn4C)C[C@@]3(CN(C)C)C2)c1C#N. The third kappa shape index (κ3) is 3.27. The molecule has 1 amide bonds. The molecular formula is C21H27N7O2. The zero-order chi connectivity index (χ0) is 21.5. The number of nitriles is 1. The van der Waals surface area contributed by atoms with E-state index in [4.69, 9.17) is 4.74 Å². The maximum Gasteiger partial charge on any atom is 0.272 e. The third-order valence-corrected chi connectivity index (χ3v) is 6.26. The van der Waals surface area contributed by atoms with Gasteiger partial charge in [0.15, 0.2) is 0 Å². The largest absolute Gasteiger partial charge is 0.480 e. The monoisotopic (exact) mass is 409 g/mol. The minimum absolute atomic E-state index is 0.0253. The Balaban J connectivity index is 1.62. The molecule has 4 heterocycles. The van der Waals surface area contributed by atoms with Crippen molar-refractivity contribution in [2.75, 3.05) is 58.8 Å². The highest BCUT2D eigenvalue weighted by atomic mass is 16.5. The zero-order valence-corrected chi connectivity index (χ0v) is 17.9.